The molecule has 0 amide bonds. The van der Waals surface area contributed by atoms with E-state index in [1.807, 2.05) is 0 Å². The Labute approximate surface area is 113 Å². The van der Waals surface area contributed by atoms with Crippen LogP contribution >= 0.6 is 0 Å². The maximum Gasteiger partial charge on any atom is 0.132 e. The minimum atomic E-state index is 0.813. The van der Waals surface area contributed by atoms with Crippen molar-refractivity contribution in [1.29, 1.82) is 0 Å². The van der Waals surface area contributed by atoms with Crippen molar-refractivity contribution in [2.24, 2.45) is 11.8 Å². The first-order valence-corrected chi connectivity index (χ1v) is 7.13. The van der Waals surface area contributed by atoms with Crippen LogP contribution in [0.4, 0.5) is 5.82 Å². The number of anilines is 1. The van der Waals surface area contributed by atoms with Gasteiger partial charge in [-0.3, -0.25) is 0 Å². The topological polar surface area (TPSA) is 28.2 Å². The van der Waals surface area contributed by atoms with Crippen LogP contribution in [0, 0.1) is 18.8 Å². The van der Waals surface area contributed by atoms with Crippen LogP contribution in [0.25, 0.3) is 10.9 Å². The van der Waals surface area contributed by atoms with Gasteiger partial charge < -0.3 is 10.2 Å². The number of pyridine rings is 1. The summed E-state index contributed by atoms with van der Waals surface area (Å²) in [6.45, 7) is 6.84. The molecule has 0 aliphatic carbocycles. The molecule has 0 spiro atoms. The largest absolute Gasteiger partial charge is 0.356 e. The molecule has 3 nitrogen and oxygen atoms in total. The van der Waals surface area contributed by atoms with Gasteiger partial charge in [0.25, 0.3) is 0 Å². The van der Waals surface area contributed by atoms with E-state index in [-0.39, 0.29) is 0 Å². The summed E-state index contributed by atoms with van der Waals surface area (Å²) in [6.07, 6.45) is 0. The quantitative estimate of drug-likeness (QED) is 0.844. The highest BCUT2D eigenvalue weighted by Crippen LogP contribution is 2.32. The SMILES string of the molecule is Cc1cc2ccccc2nc1N1CC2CNCC2C1. The Balaban J connectivity index is 1.73. The summed E-state index contributed by atoms with van der Waals surface area (Å²) in [5.41, 5.74) is 2.41. The summed E-state index contributed by atoms with van der Waals surface area (Å²) >= 11 is 0. The average Bonchev–Trinajstić information content (AvgIpc) is 2.98. The number of hydrogen-bond donors (Lipinski definition) is 1. The Morgan fingerprint density at radius 2 is 1.89 bits per heavy atom. The van der Waals surface area contributed by atoms with Crippen LogP contribution in [-0.2, 0) is 0 Å². The van der Waals surface area contributed by atoms with Crippen molar-refractivity contribution in [2.45, 2.75) is 6.92 Å². The van der Waals surface area contributed by atoms with Crippen LogP contribution in [0.15, 0.2) is 30.3 Å². The van der Waals surface area contributed by atoms with Gasteiger partial charge in [0.05, 0.1) is 5.52 Å². The lowest BCUT2D eigenvalue weighted by molar-refractivity contribution is 0.533. The highest BCUT2D eigenvalue weighted by Gasteiger charge is 2.36. The number of benzene rings is 1. The van der Waals surface area contributed by atoms with E-state index in [0.717, 1.165) is 30.4 Å². The molecular weight excluding hydrogens is 234 g/mol. The average molecular weight is 253 g/mol. The van der Waals surface area contributed by atoms with E-state index in [1.165, 1.54) is 29.9 Å². The summed E-state index contributed by atoms with van der Waals surface area (Å²) in [4.78, 5) is 7.37. The van der Waals surface area contributed by atoms with Crippen LogP contribution < -0.4 is 10.2 Å². The highest BCUT2D eigenvalue weighted by molar-refractivity contribution is 5.81. The number of nitrogens with zero attached hydrogens (tertiary/aromatic N) is 2. The molecule has 3 heterocycles. The third-order valence-electron chi connectivity index (χ3n) is 4.58. The van der Waals surface area contributed by atoms with Crippen molar-refractivity contribution < 1.29 is 0 Å². The third-order valence-corrected chi connectivity index (χ3v) is 4.58. The zero-order valence-electron chi connectivity index (χ0n) is 11.3. The third kappa shape index (κ3) is 1.80. The van der Waals surface area contributed by atoms with Crippen molar-refractivity contribution >= 4 is 16.7 Å². The summed E-state index contributed by atoms with van der Waals surface area (Å²) < 4.78 is 0. The summed E-state index contributed by atoms with van der Waals surface area (Å²) in [5.74, 6) is 2.81. The molecule has 2 aliphatic heterocycles. The molecule has 4 rings (SSSR count). The molecule has 1 aromatic carbocycles. The lowest BCUT2D eigenvalue weighted by Crippen LogP contribution is -2.26. The number of para-hydroxylation sites is 1. The van der Waals surface area contributed by atoms with Gasteiger partial charge in [0, 0.05) is 31.6 Å². The maximum atomic E-state index is 4.89. The maximum absolute atomic E-state index is 4.89. The van der Waals surface area contributed by atoms with Gasteiger partial charge in [-0.1, -0.05) is 18.2 Å². The fourth-order valence-corrected chi connectivity index (χ4v) is 3.56. The van der Waals surface area contributed by atoms with Crippen molar-refractivity contribution in [3.8, 4) is 0 Å². The first-order chi connectivity index (χ1) is 9.31. The van der Waals surface area contributed by atoms with Crippen LogP contribution in [0.3, 0.4) is 0 Å². The zero-order chi connectivity index (χ0) is 12.8. The number of hydrogen-bond acceptors (Lipinski definition) is 3. The number of nitrogens with one attached hydrogen (secondary N) is 1. The van der Waals surface area contributed by atoms with E-state index in [4.69, 9.17) is 4.98 Å². The van der Waals surface area contributed by atoms with Crippen molar-refractivity contribution in [1.82, 2.24) is 10.3 Å². The molecule has 2 unspecified atom stereocenters. The molecule has 2 fully saturated rings. The van der Waals surface area contributed by atoms with E-state index >= 15 is 0 Å². The predicted molar refractivity (Wildman–Crippen MR) is 78.5 cm³/mol. The minimum Gasteiger partial charge on any atom is -0.356 e. The molecule has 98 valence electrons. The van der Waals surface area contributed by atoms with Gasteiger partial charge in [0.1, 0.15) is 5.82 Å². The summed E-state index contributed by atoms with van der Waals surface area (Å²) in [7, 11) is 0. The fraction of sp³-hybridized carbons (Fsp3) is 0.438. The van der Waals surface area contributed by atoms with Crippen molar-refractivity contribution in [2.75, 3.05) is 31.1 Å². The first kappa shape index (κ1) is 11.2. The fourth-order valence-electron chi connectivity index (χ4n) is 3.56. The molecule has 3 heteroatoms. The van der Waals surface area contributed by atoms with Gasteiger partial charge in [0.2, 0.25) is 0 Å². The molecule has 19 heavy (non-hydrogen) atoms. The van der Waals surface area contributed by atoms with Crippen molar-refractivity contribution in [3.05, 3.63) is 35.9 Å². The Hall–Kier alpha value is -1.61. The number of aryl methyl sites for hydroxylation is 1. The van der Waals surface area contributed by atoms with Crippen molar-refractivity contribution in [3.63, 3.8) is 0 Å². The van der Waals surface area contributed by atoms with Gasteiger partial charge in [-0.25, -0.2) is 4.98 Å². The van der Waals surface area contributed by atoms with Gasteiger partial charge in [-0.2, -0.15) is 0 Å². The van der Waals surface area contributed by atoms with E-state index in [1.54, 1.807) is 0 Å². The number of rotatable bonds is 1. The standard InChI is InChI=1S/C16H19N3/c1-11-6-12-4-2-3-5-15(12)18-16(11)19-9-13-7-17-8-14(13)10-19/h2-6,13-14,17H,7-10H2,1H3. The summed E-state index contributed by atoms with van der Waals surface area (Å²) in [6, 6.07) is 10.7. The molecule has 0 saturated carbocycles. The van der Waals surface area contributed by atoms with Crippen LogP contribution in [0.2, 0.25) is 0 Å². The smallest absolute Gasteiger partial charge is 0.132 e. The molecule has 2 aliphatic rings. The molecule has 0 radical (unpaired) electrons. The molecule has 1 aromatic heterocycles. The van der Waals surface area contributed by atoms with Gasteiger partial charge in [-0.15, -0.1) is 0 Å². The Kier molecular flexibility index (Phi) is 2.49. The van der Waals surface area contributed by atoms with Gasteiger partial charge >= 0.3 is 0 Å². The molecule has 2 aromatic rings. The van der Waals surface area contributed by atoms with E-state index in [2.05, 4.69) is 47.5 Å². The first-order valence-electron chi connectivity index (χ1n) is 7.13. The van der Waals surface area contributed by atoms with Crippen LogP contribution in [-0.4, -0.2) is 31.2 Å². The lowest BCUT2D eigenvalue weighted by Gasteiger charge is -2.21. The normalized spacial score (nSPS) is 26.1. The second-order valence-electron chi connectivity index (χ2n) is 5.90. The van der Waals surface area contributed by atoms with Crippen LogP contribution in [0.1, 0.15) is 5.56 Å². The van der Waals surface area contributed by atoms with E-state index in [9.17, 15) is 0 Å². The van der Waals surface area contributed by atoms with E-state index < -0.39 is 0 Å². The molecule has 2 atom stereocenters. The Morgan fingerprint density at radius 1 is 1.16 bits per heavy atom. The highest BCUT2D eigenvalue weighted by atomic mass is 15.2. The van der Waals surface area contributed by atoms with Gasteiger partial charge in [0.15, 0.2) is 0 Å². The number of fused-ring (bicyclic) bond motifs is 2. The second kappa shape index (κ2) is 4.20. The predicted octanol–water partition coefficient (Wildman–Crippen LogP) is 2.20. The zero-order valence-corrected chi connectivity index (χ0v) is 11.3. The second-order valence-corrected chi connectivity index (χ2v) is 5.90. The Bertz CT molecular complexity index is 610. The number of aromatic nitrogens is 1. The molecule has 1 N–H and O–H groups in total. The monoisotopic (exact) mass is 253 g/mol. The molecule has 0 bridgehead atoms. The minimum absolute atomic E-state index is 0.813. The van der Waals surface area contributed by atoms with Gasteiger partial charge in [-0.05, 0) is 36.5 Å². The summed E-state index contributed by atoms with van der Waals surface area (Å²) in [5, 5.41) is 4.73. The molecule has 2 saturated heterocycles. The Morgan fingerprint density at radius 3 is 2.68 bits per heavy atom. The van der Waals surface area contributed by atoms with Crippen LogP contribution in [0.5, 0.6) is 0 Å². The lowest BCUT2D eigenvalue weighted by atomic mass is 10.0. The molecular formula is C16H19N3. The van der Waals surface area contributed by atoms with E-state index in [0.29, 0.717) is 0 Å².